The molecule has 0 saturated carbocycles. The molecule has 9 heteroatoms. The van der Waals surface area contributed by atoms with Crippen LogP contribution < -0.4 is 0 Å². The first-order valence-corrected chi connectivity index (χ1v) is 12.4. The van der Waals surface area contributed by atoms with E-state index in [0.717, 1.165) is 0 Å². The summed E-state index contributed by atoms with van der Waals surface area (Å²) >= 11 is 0. The summed E-state index contributed by atoms with van der Waals surface area (Å²) in [6.07, 6.45) is 0.0674. The molecular weight excluding hydrogens is 456 g/mol. The fourth-order valence-corrected chi connectivity index (χ4v) is 3.43. The second-order valence-electron chi connectivity index (χ2n) is 8.21. The number of benzene rings is 1. The molecule has 0 aliphatic carbocycles. The standard InChI is InChI=1S/C26H46O9/c1-22-18-23(2)26(24(3)19-22)20-25(28)21-35-17-16-34-15-14-33-13-12-32-11-10-31-9-8-30-7-6-29-5-4-27/h18-19,25,27-28H,4-17,20-21H2,1-3H3. The highest BCUT2D eigenvalue weighted by molar-refractivity contribution is 5.37. The van der Waals surface area contributed by atoms with Crippen LogP contribution in [0.2, 0.25) is 0 Å². The Morgan fingerprint density at radius 2 is 0.914 bits per heavy atom. The van der Waals surface area contributed by atoms with E-state index in [1.165, 1.54) is 22.3 Å². The highest BCUT2D eigenvalue weighted by atomic mass is 16.6. The summed E-state index contributed by atoms with van der Waals surface area (Å²) in [5.74, 6) is 0. The van der Waals surface area contributed by atoms with Crippen LogP contribution in [-0.4, -0.2) is 115 Å². The molecule has 9 nitrogen and oxygen atoms in total. The van der Waals surface area contributed by atoms with Crippen molar-refractivity contribution in [2.24, 2.45) is 0 Å². The lowest BCUT2D eigenvalue weighted by atomic mass is 9.95. The third kappa shape index (κ3) is 17.9. The van der Waals surface area contributed by atoms with Crippen LogP contribution in [0.4, 0.5) is 0 Å². The predicted octanol–water partition coefficient (Wildman–Crippen LogP) is 1.62. The molecule has 0 spiro atoms. The Hall–Kier alpha value is -1.14. The van der Waals surface area contributed by atoms with Crippen molar-refractivity contribution in [1.82, 2.24) is 0 Å². The second-order valence-corrected chi connectivity index (χ2v) is 8.21. The quantitative estimate of drug-likeness (QED) is 0.204. The summed E-state index contributed by atoms with van der Waals surface area (Å²) in [4.78, 5) is 0. The van der Waals surface area contributed by atoms with Crippen molar-refractivity contribution >= 4 is 0 Å². The lowest BCUT2D eigenvalue weighted by Crippen LogP contribution is -2.21. The van der Waals surface area contributed by atoms with Crippen LogP contribution in [0.1, 0.15) is 22.3 Å². The SMILES string of the molecule is Cc1cc(C)c(CC(O)COCCOCCOCCOCCOCCOCCOCCO)c(C)c1. The van der Waals surface area contributed by atoms with E-state index in [9.17, 15) is 5.11 Å². The van der Waals surface area contributed by atoms with Gasteiger partial charge >= 0.3 is 0 Å². The summed E-state index contributed by atoms with van der Waals surface area (Å²) in [7, 11) is 0. The summed E-state index contributed by atoms with van der Waals surface area (Å²) < 4.78 is 37.7. The summed E-state index contributed by atoms with van der Waals surface area (Å²) in [6, 6.07) is 4.29. The van der Waals surface area contributed by atoms with Crippen LogP contribution in [0.5, 0.6) is 0 Å². The molecule has 1 unspecified atom stereocenters. The van der Waals surface area contributed by atoms with Crippen LogP contribution in [-0.2, 0) is 39.6 Å². The van der Waals surface area contributed by atoms with E-state index >= 15 is 0 Å². The zero-order valence-electron chi connectivity index (χ0n) is 21.8. The van der Waals surface area contributed by atoms with Gasteiger partial charge < -0.3 is 43.4 Å². The molecule has 0 fully saturated rings. The number of aryl methyl sites for hydroxylation is 3. The Kier molecular flexibility index (Phi) is 20.1. The topological polar surface area (TPSA) is 105 Å². The predicted molar refractivity (Wildman–Crippen MR) is 133 cm³/mol. The highest BCUT2D eigenvalue weighted by Gasteiger charge is 2.11. The molecule has 2 N–H and O–H groups in total. The number of aliphatic hydroxyl groups excluding tert-OH is 2. The average molecular weight is 503 g/mol. The van der Waals surface area contributed by atoms with Gasteiger partial charge in [0, 0.05) is 6.42 Å². The van der Waals surface area contributed by atoms with Crippen molar-refractivity contribution in [3.05, 3.63) is 34.4 Å². The van der Waals surface area contributed by atoms with Crippen molar-refractivity contribution < 1.29 is 43.4 Å². The van der Waals surface area contributed by atoms with Crippen molar-refractivity contribution in [3.63, 3.8) is 0 Å². The van der Waals surface area contributed by atoms with E-state index in [1.807, 2.05) is 0 Å². The third-order valence-corrected chi connectivity index (χ3v) is 5.06. The number of rotatable bonds is 24. The third-order valence-electron chi connectivity index (χ3n) is 5.06. The van der Waals surface area contributed by atoms with Gasteiger partial charge in [0.1, 0.15) is 0 Å². The summed E-state index contributed by atoms with van der Waals surface area (Å²) in [5, 5.41) is 18.8. The Bertz CT molecular complexity index is 604. The maximum absolute atomic E-state index is 10.3. The molecule has 1 atom stereocenters. The molecule has 1 rings (SSSR count). The number of hydrogen-bond donors (Lipinski definition) is 2. The molecule has 0 saturated heterocycles. The minimum atomic E-state index is -0.528. The van der Waals surface area contributed by atoms with E-state index in [2.05, 4.69) is 32.9 Å². The molecule has 35 heavy (non-hydrogen) atoms. The van der Waals surface area contributed by atoms with Gasteiger partial charge in [0.05, 0.1) is 105 Å². The van der Waals surface area contributed by atoms with Gasteiger partial charge in [0.2, 0.25) is 0 Å². The van der Waals surface area contributed by atoms with Gasteiger partial charge in [-0.15, -0.1) is 0 Å². The Morgan fingerprint density at radius 1 is 0.571 bits per heavy atom. The van der Waals surface area contributed by atoms with Gasteiger partial charge in [-0.05, 0) is 37.5 Å². The molecular formula is C26H46O9. The molecule has 0 aromatic heterocycles. The van der Waals surface area contributed by atoms with Gasteiger partial charge in [-0.1, -0.05) is 17.7 Å². The fourth-order valence-electron chi connectivity index (χ4n) is 3.43. The number of hydrogen-bond acceptors (Lipinski definition) is 9. The maximum Gasteiger partial charge on any atom is 0.0814 e. The van der Waals surface area contributed by atoms with E-state index < -0.39 is 6.10 Å². The molecule has 0 radical (unpaired) electrons. The number of ether oxygens (including phenoxy) is 7. The first-order valence-electron chi connectivity index (χ1n) is 12.4. The van der Waals surface area contributed by atoms with Gasteiger partial charge in [0.25, 0.3) is 0 Å². The lowest BCUT2D eigenvalue weighted by Gasteiger charge is -2.16. The molecule has 0 aliphatic rings. The van der Waals surface area contributed by atoms with Gasteiger partial charge in [0.15, 0.2) is 0 Å². The van der Waals surface area contributed by atoms with Crippen LogP contribution in [0.3, 0.4) is 0 Å². The number of aliphatic hydroxyl groups is 2. The van der Waals surface area contributed by atoms with Crippen molar-refractivity contribution in [1.29, 1.82) is 0 Å². The van der Waals surface area contributed by atoms with Crippen molar-refractivity contribution in [3.8, 4) is 0 Å². The Labute approximate surface area is 210 Å². The molecule has 0 aliphatic heterocycles. The molecule has 1 aromatic rings. The molecule has 0 amide bonds. The van der Waals surface area contributed by atoms with Crippen LogP contribution in [0, 0.1) is 20.8 Å². The van der Waals surface area contributed by atoms with Gasteiger partial charge in [-0.25, -0.2) is 0 Å². The first kappa shape index (κ1) is 31.9. The van der Waals surface area contributed by atoms with E-state index in [4.69, 9.17) is 38.3 Å². The average Bonchev–Trinajstić information content (AvgIpc) is 2.82. The van der Waals surface area contributed by atoms with Crippen LogP contribution >= 0.6 is 0 Å². The largest absolute Gasteiger partial charge is 0.394 e. The van der Waals surface area contributed by atoms with E-state index in [0.29, 0.717) is 98.9 Å². The maximum atomic E-state index is 10.3. The van der Waals surface area contributed by atoms with Gasteiger partial charge in [-0.3, -0.25) is 0 Å². The minimum absolute atomic E-state index is 0.0272. The highest BCUT2D eigenvalue weighted by Crippen LogP contribution is 2.18. The smallest absolute Gasteiger partial charge is 0.0814 e. The summed E-state index contributed by atoms with van der Waals surface area (Å²) in [6.45, 7) is 12.8. The molecule has 204 valence electrons. The lowest BCUT2D eigenvalue weighted by molar-refractivity contribution is -0.0259. The van der Waals surface area contributed by atoms with E-state index in [-0.39, 0.29) is 6.61 Å². The monoisotopic (exact) mass is 502 g/mol. The van der Waals surface area contributed by atoms with Crippen molar-refractivity contribution in [2.75, 3.05) is 99.1 Å². The normalized spacial score (nSPS) is 12.4. The Balaban J connectivity index is 1.80. The van der Waals surface area contributed by atoms with Crippen LogP contribution in [0.15, 0.2) is 12.1 Å². The van der Waals surface area contributed by atoms with Gasteiger partial charge in [-0.2, -0.15) is 0 Å². The molecule has 1 aromatic carbocycles. The zero-order valence-corrected chi connectivity index (χ0v) is 21.8. The summed E-state index contributed by atoms with van der Waals surface area (Å²) in [5.41, 5.74) is 4.86. The second kappa shape index (κ2) is 22.1. The molecule has 0 bridgehead atoms. The van der Waals surface area contributed by atoms with Crippen LogP contribution in [0.25, 0.3) is 0 Å². The van der Waals surface area contributed by atoms with E-state index in [1.54, 1.807) is 0 Å². The van der Waals surface area contributed by atoms with Crippen molar-refractivity contribution in [2.45, 2.75) is 33.3 Å². The minimum Gasteiger partial charge on any atom is -0.394 e. The fraction of sp³-hybridized carbons (Fsp3) is 0.769. The first-order chi connectivity index (χ1) is 17.0. The Morgan fingerprint density at radius 3 is 1.29 bits per heavy atom. The zero-order chi connectivity index (χ0) is 25.6. The molecule has 0 heterocycles.